The molecule has 0 aliphatic carbocycles. The molecule has 1 heterocycles. The van der Waals surface area contributed by atoms with E-state index in [9.17, 15) is 9.59 Å². The van der Waals surface area contributed by atoms with E-state index in [-0.39, 0.29) is 11.4 Å². The topological polar surface area (TPSA) is 108 Å². The fourth-order valence-electron chi connectivity index (χ4n) is 1.51. The highest BCUT2D eigenvalue weighted by molar-refractivity contribution is 9.10. The van der Waals surface area contributed by atoms with Crippen molar-refractivity contribution in [2.24, 2.45) is 0 Å². The Bertz CT molecular complexity index is 668. The minimum atomic E-state index is -1.08. The maximum absolute atomic E-state index is 11.9. The number of aromatic amines is 1. The molecule has 3 N–H and O–H groups in total. The number of aromatic nitrogens is 3. The van der Waals surface area contributed by atoms with E-state index < -0.39 is 11.9 Å². The molecule has 2 aromatic rings. The summed E-state index contributed by atoms with van der Waals surface area (Å²) in [6.07, 6.45) is 0.641. The lowest BCUT2D eigenvalue weighted by molar-refractivity contribution is 0.0695. The van der Waals surface area contributed by atoms with Gasteiger partial charge in [-0.2, -0.15) is 0 Å². The number of aryl methyl sites for hydroxylation is 1. The third kappa shape index (κ3) is 3.02. The number of H-pyrrole nitrogens is 1. The molecular weight excluding hydrogens is 328 g/mol. The average Bonchev–Trinajstić information content (AvgIpc) is 2.89. The van der Waals surface area contributed by atoms with Crippen LogP contribution in [-0.2, 0) is 6.42 Å². The highest BCUT2D eigenvalue weighted by Gasteiger charge is 2.14. The number of aromatic carboxylic acids is 1. The maximum Gasteiger partial charge on any atom is 0.336 e. The van der Waals surface area contributed by atoms with E-state index in [0.29, 0.717) is 22.4 Å². The standard InChI is InChI=1S/C12H11BrN4O3/c1-2-9-15-10(17-16-9)11(18)14-6-3-4-8(13)7(5-6)12(19)20/h3-5H,2H2,1H3,(H,14,18)(H,19,20)(H,15,16,17). The number of benzene rings is 1. The van der Waals surface area contributed by atoms with Crippen LogP contribution in [0.2, 0.25) is 0 Å². The van der Waals surface area contributed by atoms with Gasteiger partial charge >= 0.3 is 5.97 Å². The molecule has 0 radical (unpaired) electrons. The highest BCUT2D eigenvalue weighted by Crippen LogP contribution is 2.21. The normalized spacial score (nSPS) is 10.3. The third-order valence-electron chi connectivity index (χ3n) is 2.52. The number of halogens is 1. The van der Waals surface area contributed by atoms with Crippen molar-refractivity contribution in [3.8, 4) is 0 Å². The van der Waals surface area contributed by atoms with Gasteiger partial charge in [-0.1, -0.05) is 6.92 Å². The van der Waals surface area contributed by atoms with Crippen LogP contribution in [0.4, 0.5) is 5.69 Å². The van der Waals surface area contributed by atoms with Gasteiger partial charge in [-0.3, -0.25) is 9.89 Å². The first-order chi connectivity index (χ1) is 9.51. The smallest absolute Gasteiger partial charge is 0.336 e. The summed E-state index contributed by atoms with van der Waals surface area (Å²) in [5, 5.41) is 18.0. The molecule has 8 heteroatoms. The number of carboxylic acids is 1. The zero-order valence-electron chi connectivity index (χ0n) is 10.5. The fraction of sp³-hybridized carbons (Fsp3) is 0.167. The van der Waals surface area contributed by atoms with Gasteiger partial charge in [0.2, 0.25) is 5.82 Å². The van der Waals surface area contributed by atoms with Crippen molar-refractivity contribution in [3.05, 3.63) is 39.9 Å². The maximum atomic E-state index is 11.9. The summed E-state index contributed by atoms with van der Waals surface area (Å²) >= 11 is 3.13. The van der Waals surface area contributed by atoms with Crippen LogP contribution in [0.25, 0.3) is 0 Å². The zero-order chi connectivity index (χ0) is 14.7. The molecule has 7 nitrogen and oxygen atoms in total. The number of hydrogen-bond acceptors (Lipinski definition) is 4. The van der Waals surface area contributed by atoms with E-state index in [4.69, 9.17) is 5.11 Å². The number of nitrogens with zero attached hydrogens (tertiary/aromatic N) is 2. The Kier molecular flexibility index (Phi) is 4.14. The van der Waals surface area contributed by atoms with Gasteiger partial charge in [-0.05, 0) is 34.1 Å². The largest absolute Gasteiger partial charge is 0.478 e. The summed E-state index contributed by atoms with van der Waals surface area (Å²) < 4.78 is 0.439. The monoisotopic (exact) mass is 338 g/mol. The second-order valence-corrected chi connectivity index (χ2v) is 4.77. The SMILES string of the molecule is CCc1nc(C(=O)Nc2ccc(Br)c(C(=O)O)c2)n[nH]1. The van der Waals surface area contributed by atoms with Crippen LogP contribution >= 0.6 is 15.9 Å². The van der Waals surface area contributed by atoms with Crippen molar-refractivity contribution in [1.82, 2.24) is 15.2 Å². The van der Waals surface area contributed by atoms with Gasteiger partial charge in [0.1, 0.15) is 5.82 Å². The lowest BCUT2D eigenvalue weighted by Gasteiger charge is -2.05. The van der Waals surface area contributed by atoms with E-state index in [1.165, 1.54) is 6.07 Å². The van der Waals surface area contributed by atoms with Crippen LogP contribution < -0.4 is 5.32 Å². The number of rotatable bonds is 4. The van der Waals surface area contributed by atoms with Crippen molar-refractivity contribution in [2.45, 2.75) is 13.3 Å². The molecule has 0 fully saturated rings. The Labute approximate surface area is 122 Å². The van der Waals surface area contributed by atoms with E-state index in [0.717, 1.165) is 0 Å². The van der Waals surface area contributed by atoms with Gasteiger partial charge in [0, 0.05) is 16.6 Å². The number of carbonyl (C=O) groups excluding carboxylic acids is 1. The quantitative estimate of drug-likeness (QED) is 0.790. The van der Waals surface area contributed by atoms with Crippen molar-refractivity contribution < 1.29 is 14.7 Å². The molecule has 0 saturated carbocycles. The summed E-state index contributed by atoms with van der Waals surface area (Å²) in [4.78, 5) is 26.9. The number of anilines is 1. The Morgan fingerprint density at radius 1 is 1.45 bits per heavy atom. The summed E-state index contributed by atoms with van der Waals surface area (Å²) in [5.41, 5.74) is 0.422. The Morgan fingerprint density at radius 2 is 2.20 bits per heavy atom. The molecule has 1 amide bonds. The predicted octanol–water partition coefficient (Wildman–Crippen LogP) is 2.08. The molecule has 0 aliphatic heterocycles. The molecule has 104 valence electrons. The van der Waals surface area contributed by atoms with Crippen molar-refractivity contribution in [1.29, 1.82) is 0 Å². The Balaban J connectivity index is 2.19. The molecule has 0 atom stereocenters. The number of nitrogens with one attached hydrogen (secondary N) is 2. The van der Waals surface area contributed by atoms with E-state index in [1.807, 2.05) is 6.92 Å². The van der Waals surface area contributed by atoms with Gasteiger partial charge in [0.25, 0.3) is 5.91 Å². The van der Waals surface area contributed by atoms with Crippen molar-refractivity contribution in [2.75, 3.05) is 5.32 Å². The van der Waals surface area contributed by atoms with Crippen LogP contribution in [0.15, 0.2) is 22.7 Å². The average molecular weight is 339 g/mol. The van der Waals surface area contributed by atoms with Crippen LogP contribution in [-0.4, -0.2) is 32.2 Å². The summed E-state index contributed by atoms with van der Waals surface area (Å²) in [6, 6.07) is 4.49. The second kappa shape index (κ2) is 5.83. The molecule has 0 aliphatic rings. The minimum absolute atomic E-state index is 0.0154. The summed E-state index contributed by atoms with van der Waals surface area (Å²) in [5.74, 6) is -0.961. The number of amides is 1. The van der Waals surface area contributed by atoms with Gasteiger partial charge < -0.3 is 10.4 Å². The molecule has 0 spiro atoms. The minimum Gasteiger partial charge on any atom is -0.478 e. The van der Waals surface area contributed by atoms with Crippen LogP contribution in [0.5, 0.6) is 0 Å². The molecule has 2 rings (SSSR count). The molecule has 1 aromatic heterocycles. The first-order valence-electron chi connectivity index (χ1n) is 5.76. The second-order valence-electron chi connectivity index (χ2n) is 3.91. The van der Waals surface area contributed by atoms with Crippen LogP contribution in [0.1, 0.15) is 33.7 Å². The van der Waals surface area contributed by atoms with E-state index in [1.54, 1.807) is 12.1 Å². The summed E-state index contributed by atoms with van der Waals surface area (Å²) in [7, 11) is 0. The first-order valence-corrected chi connectivity index (χ1v) is 6.56. The van der Waals surface area contributed by atoms with Crippen molar-refractivity contribution >= 4 is 33.5 Å². The van der Waals surface area contributed by atoms with Gasteiger partial charge in [0.05, 0.1) is 5.56 Å². The van der Waals surface area contributed by atoms with Crippen LogP contribution in [0, 0.1) is 0 Å². The van der Waals surface area contributed by atoms with E-state index >= 15 is 0 Å². The third-order valence-corrected chi connectivity index (χ3v) is 3.22. The van der Waals surface area contributed by atoms with Gasteiger partial charge in [-0.15, -0.1) is 5.10 Å². The summed E-state index contributed by atoms with van der Waals surface area (Å²) in [6.45, 7) is 1.88. The number of carboxylic acid groups (broad SMARTS) is 1. The molecule has 0 bridgehead atoms. The number of carbonyl (C=O) groups is 2. The van der Waals surface area contributed by atoms with Crippen molar-refractivity contribution in [3.63, 3.8) is 0 Å². The van der Waals surface area contributed by atoms with Gasteiger partial charge in [-0.25, -0.2) is 9.78 Å². The zero-order valence-corrected chi connectivity index (χ0v) is 12.1. The lowest BCUT2D eigenvalue weighted by atomic mass is 10.2. The first kappa shape index (κ1) is 14.2. The van der Waals surface area contributed by atoms with Gasteiger partial charge in [0.15, 0.2) is 0 Å². The molecule has 20 heavy (non-hydrogen) atoms. The Hall–Kier alpha value is -2.22. The molecule has 1 aromatic carbocycles. The highest BCUT2D eigenvalue weighted by atomic mass is 79.9. The van der Waals surface area contributed by atoms with E-state index in [2.05, 4.69) is 36.4 Å². The molecular formula is C12H11BrN4O3. The number of hydrogen-bond donors (Lipinski definition) is 3. The van der Waals surface area contributed by atoms with Crippen LogP contribution in [0.3, 0.4) is 0 Å². The lowest BCUT2D eigenvalue weighted by Crippen LogP contribution is -2.14. The predicted molar refractivity (Wildman–Crippen MR) is 74.8 cm³/mol. The Morgan fingerprint density at radius 3 is 2.80 bits per heavy atom. The fourth-order valence-corrected chi connectivity index (χ4v) is 1.93. The molecule has 0 unspecified atom stereocenters. The molecule has 0 saturated heterocycles.